The van der Waals surface area contributed by atoms with E-state index in [-0.39, 0.29) is 11.6 Å². The average molecular weight is 216 g/mol. The molecule has 0 aliphatic heterocycles. The molecule has 0 rings (SSSR count). The van der Waals surface area contributed by atoms with Gasteiger partial charge in [-0.3, -0.25) is 0 Å². The van der Waals surface area contributed by atoms with Crippen LogP contribution in [-0.2, 0) is 0 Å². The van der Waals surface area contributed by atoms with Crippen LogP contribution in [0.4, 0.5) is 4.79 Å². The van der Waals surface area contributed by atoms with Crippen LogP contribution in [0.15, 0.2) is 0 Å². The molecule has 0 unspecified atom stereocenters. The van der Waals surface area contributed by atoms with E-state index in [9.17, 15) is 4.79 Å². The van der Waals surface area contributed by atoms with E-state index in [2.05, 4.69) is 13.8 Å². The maximum Gasteiger partial charge on any atom is 0.407 e. The third kappa shape index (κ3) is 5.62. The van der Waals surface area contributed by atoms with Crippen molar-refractivity contribution < 1.29 is 9.90 Å². The normalized spacial score (nSPS) is 14.1. The van der Waals surface area contributed by atoms with E-state index in [4.69, 9.17) is 10.8 Å². The van der Waals surface area contributed by atoms with Crippen molar-refractivity contribution in [3.8, 4) is 0 Å². The number of carboxylic acid groups (broad SMARTS) is 1. The van der Waals surface area contributed by atoms with E-state index in [1.54, 1.807) is 0 Å². The lowest BCUT2D eigenvalue weighted by molar-refractivity contribution is 0.0943. The molecule has 0 radical (unpaired) electrons. The summed E-state index contributed by atoms with van der Waals surface area (Å²) < 4.78 is 0. The van der Waals surface area contributed by atoms with Crippen LogP contribution in [0.3, 0.4) is 0 Å². The fraction of sp³-hybridized carbons (Fsp3) is 0.909. The highest BCUT2D eigenvalue weighted by Crippen LogP contribution is 2.15. The average Bonchev–Trinajstić information content (AvgIpc) is 1.95. The van der Waals surface area contributed by atoms with Crippen LogP contribution in [-0.4, -0.2) is 34.2 Å². The van der Waals surface area contributed by atoms with Gasteiger partial charge in [-0.05, 0) is 33.1 Å². The summed E-state index contributed by atoms with van der Waals surface area (Å²) >= 11 is 0. The molecule has 0 spiro atoms. The summed E-state index contributed by atoms with van der Waals surface area (Å²) in [5.41, 5.74) is 5.52. The summed E-state index contributed by atoms with van der Waals surface area (Å²) in [6, 6.07) is -0.0830. The molecule has 4 nitrogen and oxygen atoms in total. The number of rotatable bonds is 4. The van der Waals surface area contributed by atoms with Gasteiger partial charge in [-0.1, -0.05) is 13.8 Å². The van der Waals surface area contributed by atoms with Crippen molar-refractivity contribution in [3.63, 3.8) is 0 Å². The number of carbonyl (C=O) groups is 1. The summed E-state index contributed by atoms with van der Waals surface area (Å²) in [6.07, 6.45) is -0.0541. The summed E-state index contributed by atoms with van der Waals surface area (Å²) in [5, 5.41) is 9.06. The van der Waals surface area contributed by atoms with E-state index < -0.39 is 6.09 Å². The first-order valence-electron chi connectivity index (χ1n) is 5.40. The second kappa shape index (κ2) is 5.35. The Morgan fingerprint density at radius 3 is 2.13 bits per heavy atom. The molecule has 1 atom stereocenters. The third-order valence-corrected chi connectivity index (χ3v) is 2.23. The molecule has 0 saturated carbocycles. The Labute approximate surface area is 92.4 Å². The molecule has 0 aliphatic carbocycles. The molecule has 3 N–H and O–H groups in total. The Balaban J connectivity index is 4.37. The lowest BCUT2D eigenvalue weighted by Gasteiger charge is -2.35. The fourth-order valence-electron chi connectivity index (χ4n) is 1.55. The molecule has 0 bridgehead atoms. The van der Waals surface area contributed by atoms with E-state index in [0.29, 0.717) is 12.5 Å². The van der Waals surface area contributed by atoms with Crippen molar-refractivity contribution >= 4 is 6.09 Å². The SMILES string of the molecule is CC(C)C[C@@H](N)CN(C(=O)O)C(C)(C)C. The minimum absolute atomic E-state index is 0.0830. The largest absolute Gasteiger partial charge is 0.465 e. The van der Waals surface area contributed by atoms with Gasteiger partial charge in [0.1, 0.15) is 0 Å². The second-order valence-electron chi connectivity index (χ2n) is 5.45. The monoisotopic (exact) mass is 216 g/mol. The van der Waals surface area contributed by atoms with Gasteiger partial charge in [0.2, 0.25) is 0 Å². The first-order chi connectivity index (χ1) is 6.64. The lowest BCUT2D eigenvalue weighted by Crippen LogP contribution is -2.50. The first kappa shape index (κ1) is 14.2. The molecule has 0 saturated heterocycles. The van der Waals surface area contributed by atoms with Crippen LogP contribution in [0.1, 0.15) is 41.0 Å². The van der Waals surface area contributed by atoms with Gasteiger partial charge < -0.3 is 15.7 Å². The van der Waals surface area contributed by atoms with Crippen molar-refractivity contribution in [2.24, 2.45) is 11.7 Å². The van der Waals surface area contributed by atoms with Crippen molar-refractivity contribution in [3.05, 3.63) is 0 Å². The zero-order valence-electron chi connectivity index (χ0n) is 10.4. The van der Waals surface area contributed by atoms with Crippen molar-refractivity contribution in [1.82, 2.24) is 4.90 Å². The van der Waals surface area contributed by atoms with Crippen molar-refractivity contribution in [1.29, 1.82) is 0 Å². The third-order valence-electron chi connectivity index (χ3n) is 2.23. The zero-order chi connectivity index (χ0) is 12.2. The van der Waals surface area contributed by atoms with Crippen LogP contribution in [0, 0.1) is 5.92 Å². The van der Waals surface area contributed by atoms with E-state index in [0.717, 1.165) is 6.42 Å². The summed E-state index contributed by atoms with van der Waals surface area (Å²) in [7, 11) is 0. The van der Waals surface area contributed by atoms with Gasteiger partial charge in [-0.25, -0.2) is 4.79 Å². The first-order valence-corrected chi connectivity index (χ1v) is 5.40. The van der Waals surface area contributed by atoms with Gasteiger partial charge in [0.15, 0.2) is 0 Å². The topological polar surface area (TPSA) is 66.6 Å². The standard InChI is InChI=1S/C11H24N2O2/c1-8(2)6-9(12)7-13(10(14)15)11(3,4)5/h8-9H,6-7,12H2,1-5H3,(H,14,15)/t9-/m1/s1. The highest BCUT2D eigenvalue weighted by Gasteiger charge is 2.27. The van der Waals surface area contributed by atoms with E-state index >= 15 is 0 Å². The molecule has 0 aromatic carbocycles. The van der Waals surface area contributed by atoms with Gasteiger partial charge in [0, 0.05) is 18.1 Å². The van der Waals surface area contributed by atoms with Gasteiger partial charge in [-0.15, -0.1) is 0 Å². The summed E-state index contributed by atoms with van der Waals surface area (Å²) in [4.78, 5) is 12.4. The molecule has 0 aromatic rings. The van der Waals surface area contributed by atoms with Crippen LogP contribution >= 0.6 is 0 Å². The van der Waals surface area contributed by atoms with E-state index in [1.165, 1.54) is 4.90 Å². The lowest BCUT2D eigenvalue weighted by atomic mass is 10.0. The predicted molar refractivity (Wildman–Crippen MR) is 61.9 cm³/mol. The smallest absolute Gasteiger partial charge is 0.407 e. The molecule has 4 heteroatoms. The Morgan fingerprint density at radius 1 is 1.40 bits per heavy atom. The minimum Gasteiger partial charge on any atom is -0.465 e. The van der Waals surface area contributed by atoms with Crippen molar-refractivity contribution in [2.45, 2.75) is 52.6 Å². The van der Waals surface area contributed by atoms with Crippen molar-refractivity contribution in [2.75, 3.05) is 6.54 Å². The van der Waals surface area contributed by atoms with Crippen LogP contribution in [0.25, 0.3) is 0 Å². The number of hydrogen-bond acceptors (Lipinski definition) is 2. The Kier molecular flexibility index (Phi) is 5.08. The number of hydrogen-bond donors (Lipinski definition) is 2. The molecular formula is C11H24N2O2. The molecule has 15 heavy (non-hydrogen) atoms. The van der Waals surface area contributed by atoms with E-state index in [1.807, 2.05) is 20.8 Å². The highest BCUT2D eigenvalue weighted by atomic mass is 16.4. The number of nitrogens with two attached hydrogens (primary N) is 1. The Hall–Kier alpha value is -0.770. The highest BCUT2D eigenvalue weighted by molar-refractivity contribution is 5.66. The van der Waals surface area contributed by atoms with Gasteiger partial charge in [0.05, 0.1) is 0 Å². The molecule has 0 aromatic heterocycles. The van der Waals surface area contributed by atoms with Gasteiger partial charge >= 0.3 is 6.09 Å². The van der Waals surface area contributed by atoms with Gasteiger partial charge in [-0.2, -0.15) is 0 Å². The Morgan fingerprint density at radius 2 is 1.87 bits per heavy atom. The maximum atomic E-state index is 11.0. The molecule has 0 heterocycles. The molecule has 90 valence electrons. The molecule has 0 fully saturated rings. The molecular weight excluding hydrogens is 192 g/mol. The molecule has 1 amide bonds. The van der Waals surface area contributed by atoms with Crippen LogP contribution in [0.5, 0.6) is 0 Å². The number of amides is 1. The Bertz CT molecular complexity index is 209. The zero-order valence-corrected chi connectivity index (χ0v) is 10.4. The summed E-state index contributed by atoms with van der Waals surface area (Å²) in [5.74, 6) is 0.496. The maximum absolute atomic E-state index is 11.0. The predicted octanol–water partition coefficient (Wildman–Crippen LogP) is 2.14. The van der Waals surface area contributed by atoms with Crippen LogP contribution < -0.4 is 5.73 Å². The number of nitrogens with zero attached hydrogens (tertiary/aromatic N) is 1. The second-order valence-corrected chi connectivity index (χ2v) is 5.45. The summed E-state index contributed by atoms with van der Waals surface area (Å²) in [6.45, 7) is 10.2. The fourth-order valence-corrected chi connectivity index (χ4v) is 1.55. The minimum atomic E-state index is -0.901. The quantitative estimate of drug-likeness (QED) is 0.756. The molecule has 0 aliphatic rings. The van der Waals surface area contributed by atoms with Gasteiger partial charge in [0.25, 0.3) is 0 Å². The van der Waals surface area contributed by atoms with Crippen LogP contribution in [0.2, 0.25) is 0 Å².